The maximum atomic E-state index is 12.5. The first kappa shape index (κ1) is 23.1. The highest BCUT2D eigenvalue weighted by atomic mass is 35.5. The molecule has 0 radical (unpaired) electrons. The molecule has 1 amide bonds. The SMILES string of the molecule is CN1CCc2cc(/C=N/Oc3ccc(C(=O)NS(=O)(=O)c4ccc(Cl)cc4Cl)cc3)ccc21. The minimum absolute atomic E-state index is 0.0835. The van der Waals surface area contributed by atoms with E-state index in [1.54, 1.807) is 6.21 Å². The molecule has 0 spiro atoms. The maximum absolute atomic E-state index is 12.5. The highest BCUT2D eigenvalue weighted by Crippen LogP contribution is 2.27. The predicted octanol–water partition coefficient (Wildman–Crippen LogP) is 4.52. The van der Waals surface area contributed by atoms with Crippen LogP contribution in [0.3, 0.4) is 0 Å². The molecular weight excluding hydrogens is 485 g/mol. The normalized spacial score (nSPS) is 13.2. The van der Waals surface area contributed by atoms with Crippen molar-refractivity contribution in [2.75, 3.05) is 18.5 Å². The molecule has 0 aromatic heterocycles. The van der Waals surface area contributed by atoms with Crippen LogP contribution in [0.15, 0.2) is 70.7 Å². The molecule has 0 fully saturated rings. The van der Waals surface area contributed by atoms with Gasteiger partial charge in [0.05, 0.1) is 11.2 Å². The molecule has 10 heteroatoms. The second-order valence-corrected chi connectivity index (χ2v) is 9.91. The summed E-state index contributed by atoms with van der Waals surface area (Å²) in [4.78, 5) is 19.7. The average molecular weight is 504 g/mol. The van der Waals surface area contributed by atoms with Crippen molar-refractivity contribution in [1.82, 2.24) is 4.72 Å². The van der Waals surface area contributed by atoms with Crippen LogP contribution >= 0.6 is 23.2 Å². The lowest BCUT2D eigenvalue weighted by molar-refractivity contribution is 0.0981. The van der Waals surface area contributed by atoms with Gasteiger partial charge in [-0.15, -0.1) is 0 Å². The van der Waals surface area contributed by atoms with Crippen molar-refractivity contribution in [3.8, 4) is 5.75 Å². The molecule has 170 valence electrons. The van der Waals surface area contributed by atoms with Crippen LogP contribution in [-0.4, -0.2) is 34.1 Å². The minimum Gasteiger partial charge on any atom is -0.374 e. The average Bonchev–Trinajstić information content (AvgIpc) is 3.13. The molecule has 0 aliphatic carbocycles. The van der Waals surface area contributed by atoms with Gasteiger partial charge in [-0.1, -0.05) is 34.4 Å². The molecule has 1 aliphatic rings. The number of hydrogen-bond acceptors (Lipinski definition) is 6. The maximum Gasteiger partial charge on any atom is 0.265 e. The third-order valence-corrected chi connectivity index (χ3v) is 7.17. The van der Waals surface area contributed by atoms with E-state index in [0.29, 0.717) is 5.75 Å². The molecule has 1 N–H and O–H groups in total. The Morgan fingerprint density at radius 3 is 2.58 bits per heavy atom. The number of benzene rings is 3. The van der Waals surface area contributed by atoms with E-state index < -0.39 is 15.9 Å². The first-order valence-corrected chi connectivity index (χ1v) is 12.1. The first-order chi connectivity index (χ1) is 15.7. The van der Waals surface area contributed by atoms with Crippen LogP contribution in [0.1, 0.15) is 21.5 Å². The minimum atomic E-state index is -4.17. The largest absolute Gasteiger partial charge is 0.374 e. The van der Waals surface area contributed by atoms with E-state index in [2.05, 4.69) is 29.2 Å². The number of hydrogen-bond donors (Lipinski definition) is 1. The number of likely N-dealkylation sites (N-methyl/N-ethyl adjacent to an activating group) is 1. The summed E-state index contributed by atoms with van der Waals surface area (Å²) in [6.45, 7) is 1.00. The fraction of sp³-hybridized carbons (Fsp3) is 0.130. The predicted molar refractivity (Wildman–Crippen MR) is 129 cm³/mol. The van der Waals surface area contributed by atoms with Gasteiger partial charge in [-0.05, 0) is 72.1 Å². The van der Waals surface area contributed by atoms with Gasteiger partial charge in [0.2, 0.25) is 0 Å². The Hall–Kier alpha value is -3.07. The Kier molecular flexibility index (Phi) is 6.60. The molecule has 0 atom stereocenters. The Morgan fingerprint density at radius 2 is 1.85 bits per heavy atom. The van der Waals surface area contributed by atoms with Crippen molar-refractivity contribution in [2.45, 2.75) is 11.3 Å². The van der Waals surface area contributed by atoms with Crippen LogP contribution in [0.25, 0.3) is 0 Å². The van der Waals surface area contributed by atoms with Gasteiger partial charge in [-0.2, -0.15) is 0 Å². The number of anilines is 1. The number of nitrogens with one attached hydrogen (secondary N) is 1. The molecule has 1 heterocycles. The van der Waals surface area contributed by atoms with Crippen LogP contribution in [0.2, 0.25) is 10.0 Å². The second-order valence-electron chi connectivity index (χ2n) is 7.42. The van der Waals surface area contributed by atoms with Crippen LogP contribution in [0.5, 0.6) is 5.75 Å². The number of nitrogens with zero attached hydrogens (tertiary/aromatic N) is 2. The highest BCUT2D eigenvalue weighted by molar-refractivity contribution is 7.90. The van der Waals surface area contributed by atoms with Crippen molar-refractivity contribution >= 4 is 51.0 Å². The molecule has 33 heavy (non-hydrogen) atoms. The standard InChI is InChI=1S/C23H19Cl2N3O4S/c1-28-11-10-17-12-15(2-8-21(17)28)14-26-32-19-6-3-16(4-7-19)23(29)27-33(30,31)22-9-5-18(24)13-20(22)25/h2-9,12-14H,10-11H2,1H3,(H,27,29)/b26-14+. The van der Waals surface area contributed by atoms with Crippen LogP contribution in [0.4, 0.5) is 5.69 Å². The van der Waals surface area contributed by atoms with E-state index in [0.717, 1.165) is 18.5 Å². The lowest BCUT2D eigenvalue weighted by Crippen LogP contribution is -2.30. The molecule has 7 nitrogen and oxygen atoms in total. The van der Waals surface area contributed by atoms with Crippen molar-refractivity contribution < 1.29 is 18.0 Å². The summed E-state index contributed by atoms with van der Waals surface area (Å²) in [7, 11) is -2.10. The second kappa shape index (κ2) is 9.43. The Morgan fingerprint density at radius 1 is 1.09 bits per heavy atom. The van der Waals surface area contributed by atoms with Gasteiger partial charge < -0.3 is 9.74 Å². The fourth-order valence-electron chi connectivity index (χ4n) is 3.41. The van der Waals surface area contributed by atoms with Gasteiger partial charge in [0.25, 0.3) is 15.9 Å². The number of halogens is 2. The van der Waals surface area contributed by atoms with Gasteiger partial charge >= 0.3 is 0 Å². The summed E-state index contributed by atoms with van der Waals surface area (Å²) in [5, 5.41) is 4.19. The number of amides is 1. The van der Waals surface area contributed by atoms with Crippen LogP contribution < -0.4 is 14.5 Å². The molecule has 0 saturated carbocycles. The lowest BCUT2D eigenvalue weighted by Gasteiger charge is -2.11. The van der Waals surface area contributed by atoms with E-state index in [4.69, 9.17) is 28.0 Å². The zero-order valence-electron chi connectivity index (χ0n) is 17.5. The number of fused-ring (bicyclic) bond motifs is 1. The smallest absolute Gasteiger partial charge is 0.265 e. The van der Waals surface area contributed by atoms with E-state index in [1.807, 2.05) is 10.8 Å². The first-order valence-electron chi connectivity index (χ1n) is 9.90. The van der Waals surface area contributed by atoms with E-state index in [1.165, 1.54) is 53.7 Å². The van der Waals surface area contributed by atoms with Crippen molar-refractivity contribution in [3.63, 3.8) is 0 Å². The summed E-state index contributed by atoms with van der Waals surface area (Å²) in [6, 6.07) is 15.9. The zero-order valence-corrected chi connectivity index (χ0v) is 19.8. The Bertz CT molecular complexity index is 1340. The van der Waals surface area contributed by atoms with Gasteiger partial charge in [0.15, 0.2) is 5.75 Å². The summed E-state index contributed by atoms with van der Waals surface area (Å²) >= 11 is 11.7. The van der Waals surface area contributed by atoms with E-state index >= 15 is 0 Å². The van der Waals surface area contributed by atoms with E-state index in [9.17, 15) is 13.2 Å². The summed E-state index contributed by atoms with van der Waals surface area (Å²) < 4.78 is 26.9. The number of carbonyl (C=O) groups excluding carboxylic acids is 1. The molecule has 0 unspecified atom stereocenters. The van der Waals surface area contributed by atoms with Crippen LogP contribution in [0, 0.1) is 0 Å². The summed E-state index contributed by atoms with van der Waals surface area (Å²) in [6.07, 6.45) is 2.61. The van der Waals surface area contributed by atoms with Gasteiger partial charge in [-0.25, -0.2) is 13.1 Å². The number of oxime groups is 1. The molecule has 0 bridgehead atoms. The van der Waals surface area contributed by atoms with Crippen molar-refractivity contribution in [3.05, 3.63) is 87.4 Å². The quantitative estimate of drug-likeness (QED) is 0.394. The van der Waals surface area contributed by atoms with Crippen LogP contribution in [-0.2, 0) is 16.4 Å². The molecule has 3 aromatic rings. The molecule has 0 saturated heterocycles. The zero-order chi connectivity index (χ0) is 23.6. The van der Waals surface area contributed by atoms with Gasteiger partial charge in [0.1, 0.15) is 4.90 Å². The molecule has 1 aliphatic heterocycles. The summed E-state index contributed by atoms with van der Waals surface area (Å²) in [5.74, 6) is -0.411. The Labute approximate surface area is 201 Å². The molecular formula is C23H19Cl2N3O4S. The number of sulfonamides is 1. The van der Waals surface area contributed by atoms with E-state index in [-0.39, 0.29) is 20.5 Å². The third kappa shape index (κ3) is 5.30. The lowest BCUT2D eigenvalue weighted by atomic mass is 10.1. The van der Waals surface area contributed by atoms with Gasteiger partial charge in [0, 0.05) is 29.9 Å². The third-order valence-electron chi connectivity index (χ3n) is 5.12. The number of rotatable bonds is 6. The monoisotopic (exact) mass is 503 g/mol. The topological polar surface area (TPSA) is 88.1 Å². The fourth-order valence-corrected chi connectivity index (χ4v) is 5.16. The van der Waals surface area contributed by atoms with Crippen molar-refractivity contribution in [2.24, 2.45) is 5.16 Å². The van der Waals surface area contributed by atoms with Gasteiger partial charge in [-0.3, -0.25) is 4.79 Å². The highest BCUT2D eigenvalue weighted by Gasteiger charge is 2.22. The van der Waals surface area contributed by atoms with Crippen molar-refractivity contribution in [1.29, 1.82) is 0 Å². The molecule has 3 aromatic carbocycles. The molecule has 4 rings (SSSR count). The summed E-state index contributed by atoms with van der Waals surface area (Å²) in [5.41, 5.74) is 3.54. The Balaban J connectivity index is 1.39. The number of carbonyl (C=O) groups is 1.